The van der Waals surface area contributed by atoms with E-state index in [2.05, 4.69) is 10.6 Å². The molecule has 0 unspecified atom stereocenters. The second kappa shape index (κ2) is 9.39. The summed E-state index contributed by atoms with van der Waals surface area (Å²) in [5.41, 5.74) is 0. The summed E-state index contributed by atoms with van der Waals surface area (Å²) in [5, 5.41) is 5.44. The third-order valence-corrected chi connectivity index (χ3v) is 3.74. The number of carbonyl (C=O) groups excluding carboxylic acids is 2. The summed E-state index contributed by atoms with van der Waals surface area (Å²) < 4.78 is 13.3. The summed E-state index contributed by atoms with van der Waals surface area (Å²) >= 11 is 1.32. The van der Waals surface area contributed by atoms with Crippen LogP contribution in [0.2, 0.25) is 0 Å². The van der Waals surface area contributed by atoms with Gasteiger partial charge in [0, 0.05) is 36.1 Å². The molecule has 0 fully saturated rings. The fourth-order valence-electron chi connectivity index (χ4n) is 1.50. The van der Waals surface area contributed by atoms with Crippen molar-refractivity contribution in [2.24, 2.45) is 5.92 Å². The standard InChI is InChI=1S/C15H21FN2O2S/c1-11(2)15(20)18-9-8-17-14(19)7-10-21-13-6-4-3-5-12(13)16/h3-6,11H,7-10H2,1-2H3,(H,17,19)(H,18,20). The predicted octanol–water partition coefficient (Wildman–Crippen LogP) is 2.20. The van der Waals surface area contributed by atoms with Crippen LogP contribution in [0.4, 0.5) is 4.39 Å². The van der Waals surface area contributed by atoms with E-state index in [9.17, 15) is 14.0 Å². The largest absolute Gasteiger partial charge is 0.354 e. The van der Waals surface area contributed by atoms with Crippen molar-refractivity contribution in [2.45, 2.75) is 25.2 Å². The quantitative estimate of drug-likeness (QED) is 0.571. The maximum Gasteiger partial charge on any atom is 0.222 e. The number of rotatable bonds is 8. The highest BCUT2D eigenvalue weighted by molar-refractivity contribution is 7.99. The monoisotopic (exact) mass is 312 g/mol. The van der Waals surface area contributed by atoms with Crippen molar-refractivity contribution in [2.75, 3.05) is 18.8 Å². The molecule has 0 aromatic heterocycles. The number of hydrogen-bond donors (Lipinski definition) is 2. The Hall–Kier alpha value is -1.56. The van der Waals surface area contributed by atoms with Crippen LogP contribution < -0.4 is 10.6 Å². The minimum Gasteiger partial charge on any atom is -0.354 e. The van der Waals surface area contributed by atoms with Gasteiger partial charge in [0.15, 0.2) is 0 Å². The summed E-state index contributed by atoms with van der Waals surface area (Å²) in [7, 11) is 0. The molecule has 0 spiro atoms. The highest BCUT2D eigenvalue weighted by Crippen LogP contribution is 2.21. The Morgan fingerprint density at radius 2 is 1.86 bits per heavy atom. The van der Waals surface area contributed by atoms with Gasteiger partial charge in [-0.2, -0.15) is 0 Å². The van der Waals surface area contributed by atoms with Gasteiger partial charge in [0.05, 0.1) is 0 Å². The molecule has 0 atom stereocenters. The van der Waals surface area contributed by atoms with Crippen LogP contribution >= 0.6 is 11.8 Å². The van der Waals surface area contributed by atoms with Crippen LogP contribution in [-0.2, 0) is 9.59 Å². The van der Waals surface area contributed by atoms with E-state index in [1.165, 1.54) is 17.8 Å². The van der Waals surface area contributed by atoms with E-state index < -0.39 is 0 Å². The van der Waals surface area contributed by atoms with Crippen LogP contribution in [0.1, 0.15) is 20.3 Å². The molecule has 116 valence electrons. The molecule has 0 saturated carbocycles. The van der Waals surface area contributed by atoms with E-state index in [0.717, 1.165) is 0 Å². The molecule has 4 nitrogen and oxygen atoms in total. The van der Waals surface area contributed by atoms with E-state index in [-0.39, 0.29) is 23.5 Å². The normalized spacial score (nSPS) is 10.5. The number of amides is 2. The lowest BCUT2D eigenvalue weighted by molar-refractivity contribution is -0.124. The summed E-state index contributed by atoms with van der Waals surface area (Å²) in [6.45, 7) is 4.45. The molecular weight excluding hydrogens is 291 g/mol. The van der Waals surface area contributed by atoms with Crippen molar-refractivity contribution >= 4 is 23.6 Å². The van der Waals surface area contributed by atoms with Crippen LogP contribution in [-0.4, -0.2) is 30.7 Å². The lowest BCUT2D eigenvalue weighted by atomic mass is 10.2. The van der Waals surface area contributed by atoms with Gasteiger partial charge in [-0.05, 0) is 12.1 Å². The van der Waals surface area contributed by atoms with Gasteiger partial charge in [0.1, 0.15) is 5.82 Å². The molecule has 0 heterocycles. The Bertz CT molecular complexity index is 480. The molecule has 1 rings (SSSR count). The number of thioether (sulfide) groups is 1. The van der Waals surface area contributed by atoms with Crippen LogP contribution in [0.15, 0.2) is 29.2 Å². The third-order valence-electron chi connectivity index (χ3n) is 2.69. The molecular formula is C15H21FN2O2S. The van der Waals surface area contributed by atoms with Crippen molar-refractivity contribution < 1.29 is 14.0 Å². The highest BCUT2D eigenvalue weighted by atomic mass is 32.2. The average molecular weight is 312 g/mol. The summed E-state index contributed by atoms with van der Waals surface area (Å²) in [5.74, 6) is 0.0691. The lowest BCUT2D eigenvalue weighted by Gasteiger charge is -2.08. The first-order chi connectivity index (χ1) is 10.0. The molecule has 0 saturated heterocycles. The van der Waals surface area contributed by atoms with E-state index in [1.807, 2.05) is 13.8 Å². The second-order valence-electron chi connectivity index (χ2n) is 4.82. The number of halogens is 1. The third kappa shape index (κ3) is 7.13. The first-order valence-electron chi connectivity index (χ1n) is 6.92. The first-order valence-corrected chi connectivity index (χ1v) is 7.91. The van der Waals surface area contributed by atoms with Crippen molar-refractivity contribution in [3.8, 4) is 0 Å². The molecule has 2 N–H and O–H groups in total. The minimum absolute atomic E-state index is 0.0284. The topological polar surface area (TPSA) is 58.2 Å². The maximum absolute atomic E-state index is 13.3. The van der Waals surface area contributed by atoms with E-state index in [1.54, 1.807) is 18.2 Å². The zero-order chi connectivity index (χ0) is 15.7. The average Bonchev–Trinajstić information content (AvgIpc) is 2.45. The van der Waals surface area contributed by atoms with Gasteiger partial charge in [0.25, 0.3) is 0 Å². The maximum atomic E-state index is 13.3. The Labute approximate surface area is 128 Å². The number of carbonyl (C=O) groups is 2. The first kappa shape index (κ1) is 17.5. The van der Waals surface area contributed by atoms with Crippen molar-refractivity contribution in [3.63, 3.8) is 0 Å². The second-order valence-corrected chi connectivity index (χ2v) is 5.96. The molecule has 0 aliphatic rings. The molecule has 1 aromatic carbocycles. The number of hydrogen-bond acceptors (Lipinski definition) is 3. The van der Waals surface area contributed by atoms with Gasteiger partial charge in [-0.15, -0.1) is 11.8 Å². The molecule has 0 aliphatic carbocycles. The zero-order valence-electron chi connectivity index (χ0n) is 12.3. The molecule has 1 aromatic rings. The van der Waals surface area contributed by atoms with Crippen LogP contribution in [0.5, 0.6) is 0 Å². The number of benzene rings is 1. The molecule has 0 radical (unpaired) electrons. The fourth-order valence-corrected chi connectivity index (χ4v) is 2.38. The Morgan fingerprint density at radius 1 is 1.19 bits per heavy atom. The lowest BCUT2D eigenvalue weighted by Crippen LogP contribution is -2.36. The predicted molar refractivity (Wildman–Crippen MR) is 82.6 cm³/mol. The van der Waals surface area contributed by atoms with Gasteiger partial charge in [-0.1, -0.05) is 26.0 Å². The van der Waals surface area contributed by atoms with Gasteiger partial charge >= 0.3 is 0 Å². The molecule has 0 aliphatic heterocycles. The van der Waals surface area contributed by atoms with Gasteiger partial charge < -0.3 is 10.6 Å². The molecule has 6 heteroatoms. The summed E-state index contributed by atoms with van der Waals surface area (Å²) in [4.78, 5) is 23.4. The number of nitrogens with one attached hydrogen (secondary N) is 2. The molecule has 2 amide bonds. The Balaban J connectivity index is 2.12. The van der Waals surface area contributed by atoms with Gasteiger partial charge in [0.2, 0.25) is 11.8 Å². The van der Waals surface area contributed by atoms with Crippen molar-refractivity contribution in [1.82, 2.24) is 10.6 Å². The van der Waals surface area contributed by atoms with Gasteiger partial charge in [-0.25, -0.2) is 4.39 Å². The van der Waals surface area contributed by atoms with E-state index in [0.29, 0.717) is 30.2 Å². The smallest absolute Gasteiger partial charge is 0.222 e. The highest BCUT2D eigenvalue weighted by Gasteiger charge is 2.06. The van der Waals surface area contributed by atoms with Crippen molar-refractivity contribution in [3.05, 3.63) is 30.1 Å². The van der Waals surface area contributed by atoms with Crippen LogP contribution in [0.3, 0.4) is 0 Å². The SMILES string of the molecule is CC(C)C(=O)NCCNC(=O)CCSc1ccccc1F. The van der Waals surface area contributed by atoms with Gasteiger partial charge in [-0.3, -0.25) is 9.59 Å². The zero-order valence-corrected chi connectivity index (χ0v) is 13.1. The van der Waals surface area contributed by atoms with Crippen LogP contribution in [0, 0.1) is 11.7 Å². The minimum atomic E-state index is -0.265. The van der Waals surface area contributed by atoms with E-state index >= 15 is 0 Å². The van der Waals surface area contributed by atoms with E-state index in [4.69, 9.17) is 0 Å². The van der Waals surface area contributed by atoms with Crippen molar-refractivity contribution in [1.29, 1.82) is 0 Å². The molecule has 21 heavy (non-hydrogen) atoms. The Morgan fingerprint density at radius 3 is 2.52 bits per heavy atom. The van der Waals surface area contributed by atoms with Crippen LogP contribution in [0.25, 0.3) is 0 Å². The Kier molecular flexibility index (Phi) is 7.82. The summed E-state index contributed by atoms with van der Waals surface area (Å²) in [6.07, 6.45) is 0.317. The molecule has 0 bridgehead atoms. The fraction of sp³-hybridized carbons (Fsp3) is 0.467. The summed E-state index contributed by atoms with van der Waals surface area (Å²) in [6, 6.07) is 6.50.